The van der Waals surface area contributed by atoms with Gasteiger partial charge in [-0.05, 0) is 100 Å². The van der Waals surface area contributed by atoms with Gasteiger partial charge in [-0.15, -0.1) is 0 Å². The summed E-state index contributed by atoms with van der Waals surface area (Å²) >= 11 is 0. The summed E-state index contributed by atoms with van der Waals surface area (Å²) in [6.07, 6.45) is 4.55. The Bertz CT molecular complexity index is 2520. The zero-order valence-corrected chi connectivity index (χ0v) is 26.7. The van der Waals surface area contributed by atoms with Crippen LogP contribution in [0.5, 0.6) is 0 Å². The normalized spacial score (nSPS) is 13.4. The molecule has 1 aliphatic rings. The molecule has 0 radical (unpaired) electrons. The Morgan fingerprint density at radius 3 is 1.91 bits per heavy atom. The van der Waals surface area contributed by atoms with Gasteiger partial charge >= 0.3 is 0 Å². The van der Waals surface area contributed by atoms with Gasteiger partial charge in [-0.2, -0.15) is 0 Å². The number of benzene rings is 8. The molecular formula is C47H34. The Morgan fingerprint density at radius 1 is 0.404 bits per heavy atom. The predicted molar refractivity (Wildman–Crippen MR) is 203 cm³/mol. The zero-order valence-electron chi connectivity index (χ0n) is 26.7. The molecule has 47 heavy (non-hydrogen) atoms. The third-order valence-electron chi connectivity index (χ3n) is 10.3. The minimum atomic E-state index is -0.0256. The average molecular weight is 599 g/mol. The molecular weight excluding hydrogens is 565 g/mol. The van der Waals surface area contributed by atoms with Crippen molar-refractivity contribution in [2.24, 2.45) is 0 Å². The Labute approximate surface area is 276 Å². The van der Waals surface area contributed by atoms with Crippen LogP contribution < -0.4 is 0 Å². The molecule has 8 aromatic rings. The standard InChI is InChI=1S/C47H34/c1-47(2)44-22-11-10-19-40(44)42-30-34(25-28-45(42)47)46-41-20-9-8-18-37(41)38(26-23-31-13-4-3-5-14-31)39-27-24-33(29-43(39)46)36-21-12-16-32-15-6-7-17-35(32)36/h3-30H,1-2H3/b26-23+. The van der Waals surface area contributed by atoms with Gasteiger partial charge in [0, 0.05) is 5.41 Å². The monoisotopic (exact) mass is 598 g/mol. The first-order chi connectivity index (χ1) is 23.1. The second kappa shape index (κ2) is 10.7. The van der Waals surface area contributed by atoms with Gasteiger partial charge in [-0.25, -0.2) is 0 Å². The number of rotatable bonds is 4. The van der Waals surface area contributed by atoms with Gasteiger partial charge in [-0.3, -0.25) is 0 Å². The van der Waals surface area contributed by atoms with E-state index in [2.05, 4.69) is 184 Å². The molecule has 0 amide bonds. The van der Waals surface area contributed by atoms with E-state index < -0.39 is 0 Å². The highest BCUT2D eigenvalue weighted by Gasteiger charge is 2.35. The van der Waals surface area contributed by atoms with E-state index in [1.807, 2.05) is 0 Å². The second-order valence-corrected chi connectivity index (χ2v) is 13.3. The third kappa shape index (κ3) is 4.37. The molecule has 0 heterocycles. The van der Waals surface area contributed by atoms with Crippen molar-refractivity contribution in [3.8, 4) is 33.4 Å². The van der Waals surface area contributed by atoms with E-state index in [1.54, 1.807) is 0 Å². The van der Waals surface area contributed by atoms with Crippen LogP contribution in [0.3, 0.4) is 0 Å². The minimum absolute atomic E-state index is 0.0256. The van der Waals surface area contributed by atoms with Crippen LogP contribution in [0.15, 0.2) is 158 Å². The molecule has 9 rings (SSSR count). The average Bonchev–Trinajstić information content (AvgIpc) is 3.35. The fourth-order valence-corrected chi connectivity index (χ4v) is 7.97. The van der Waals surface area contributed by atoms with E-state index in [-0.39, 0.29) is 5.41 Å². The van der Waals surface area contributed by atoms with Crippen LogP contribution in [-0.2, 0) is 5.41 Å². The quantitative estimate of drug-likeness (QED) is 0.140. The maximum atomic E-state index is 2.45. The molecule has 0 spiro atoms. The van der Waals surface area contributed by atoms with Crippen LogP contribution in [-0.4, -0.2) is 0 Å². The molecule has 8 aromatic carbocycles. The summed E-state index contributed by atoms with van der Waals surface area (Å²) in [7, 11) is 0. The molecule has 0 nitrogen and oxygen atoms in total. The van der Waals surface area contributed by atoms with Crippen LogP contribution in [0.4, 0.5) is 0 Å². The molecule has 0 fully saturated rings. The van der Waals surface area contributed by atoms with Crippen molar-refractivity contribution < 1.29 is 0 Å². The summed E-state index contributed by atoms with van der Waals surface area (Å²) in [6.45, 7) is 4.71. The summed E-state index contributed by atoms with van der Waals surface area (Å²) in [5, 5.41) is 7.60. The maximum Gasteiger partial charge on any atom is 0.0158 e. The Kier molecular flexibility index (Phi) is 6.27. The third-order valence-corrected chi connectivity index (χ3v) is 10.3. The molecule has 222 valence electrons. The van der Waals surface area contributed by atoms with Crippen LogP contribution in [0, 0.1) is 0 Å². The number of hydrogen-bond acceptors (Lipinski definition) is 0. The fraction of sp³-hybridized carbons (Fsp3) is 0.0638. The SMILES string of the molecule is CC1(C)c2ccccc2-c2cc(-c3c4ccccc4c(/C=C/c4ccccc4)c4ccc(-c5cccc6ccccc56)cc34)ccc21. The highest BCUT2D eigenvalue weighted by Crippen LogP contribution is 2.51. The van der Waals surface area contributed by atoms with E-state index in [4.69, 9.17) is 0 Å². The lowest BCUT2D eigenvalue weighted by atomic mass is 9.81. The van der Waals surface area contributed by atoms with Gasteiger partial charge in [0.1, 0.15) is 0 Å². The van der Waals surface area contributed by atoms with Crippen LogP contribution in [0.1, 0.15) is 36.1 Å². The van der Waals surface area contributed by atoms with E-state index in [0.717, 1.165) is 0 Å². The van der Waals surface area contributed by atoms with Gasteiger partial charge in [0.25, 0.3) is 0 Å². The first-order valence-corrected chi connectivity index (χ1v) is 16.5. The van der Waals surface area contributed by atoms with Crippen molar-refractivity contribution >= 4 is 44.5 Å². The molecule has 0 heteroatoms. The zero-order chi connectivity index (χ0) is 31.5. The van der Waals surface area contributed by atoms with Crippen molar-refractivity contribution in [2.45, 2.75) is 19.3 Å². The van der Waals surface area contributed by atoms with E-state index in [9.17, 15) is 0 Å². The molecule has 0 saturated heterocycles. The van der Waals surface area contributed by atoms with Crippen molar-refractivity contribution in [2.75, 3.05) is 0 Å². The first-order valence-electron chi connectivity index (χ1n) is 16.5. The van der Waals surface area contributed by atoms with Gasteiger partial charge in [0.2, 0.25) is 0 Å². The van der Waals surface area contributed by atoms with Gasteiger partial charge in [0.15, 0.2) is 0 Å². The van der Waals surface area contributed by atoms with Crippen molar-refractivity contribution in [1.82, 2.24) is 0 Å². The summed E-state index contributed by atoms with van der Waals surface area (Å²) < 4.78 is 0. The molecule has 0 bridgehead atoms. The van der Waals surface area contributed by atoms with Crippen LogP contribution in [0.2, 0.25) is 0 Å². The summed E-state index contributed by atoms with van der Waals surface area (Å²) in [4.78, 5) is 0. The smallest absolute Gasteiger partial charge is 0.0158 e. The van der Waals surface area contributed by atoms with Gasteiger partial charge < -0.3 is 0 Å². The van der Waals surface area contributed by atoms with Crippen LogP contribution >= 0.6 is 0 Å². The van der Waals surface area contributed by atoms with Crippen molar-refractivity contribution in [3.05, 3.63) is 180 Å². The lowest BCUT2D eigenvalue weighted by molar-refractivity contribution is 0.660. The molecule has 0 N–H and O–H groups in total. The summed E-state index contributed by atoms with van der Waals surface area (Å²) in [5.41, 5.74) is 13.0. The molecule has 0 aromatic heterocycles. The molecule has 0 atom stereocenters. The Morgan fingerprint density at radius 2 is 1.04 bits per heavy atom. The minimum Gasteiger partial charge on any atom is -0.0622 e. The van der Waals surface area contributed by atoms with Crippen molar-refractivity contribution in [1.29, 1.82) is 0 Å². The fourth-order valence-electron chi connectivity index (χ4n) is 7.97. The summed E-state index contributed by atoms with van der Waals surface area (Å²) in [5.74, 6) is 0. The van der Waals surface area contributed by atoms with Crippen molar-refractivity contribution in [3.63, 3.8) is 0 Å². The Balaban J connectivity index is 1.36. The largest absolute Gasteiger partial charge is 0.0622 e. The second-order valence-electron chi connectivity index (χ2n) is 13.3. The number of fused-ring (bicyclic) bond motifs is 6. The van der Waals surface area contributed by atoms with E-state index in [0.29, 0.717) is 0 Å². The first kappa shape index (κ1) is 27.6. The molecule has 0 saturated carbocycles. The van der Waals surface area contributed by atoms with Gasteiger partial charge in [-0.1, -0.05) is 172 Å². The highest BCUT2D eigenvalue weighted by atomic mass is 14.4. The summed E-state index contributed by atoms with van der Waals surface area (Å²) in [6, 6.07) is 58.1. The van der Waals surface area contributed by atoms with Crippen LogP contribution in [0.25, 0.3) is 77.9 Å². The highest BCUT2D eigenvalue weighted by molar-refractivity contribution is 6.19. The lowest BCUT2D eigenvalue weighted by Gasteiger charge is -2.22. The lowest BCUT2D eigenvalue weighted by Crippen LogP contribution is -2.14. The molecule has 1 aliphatic carbocycles. The van der Waals surface area contributed by atoms with Gasteiger partial charge in [0.05, 0.1) is 0 Å². The topological polar surface area (TPSA) is 0 Å². The van der Waals surface area contributed by atoms with E-state index >= 15 is 0 Å². The molecule has 0 unspecified atom stereocenters. The Hall–Kier alpha value is -5.72. The van der Waals surface area contributed by atoms with E-state index in [1.165, 1.54) is 88.0 Å². The number of hydrogen-bond donors (Lipinski definition) is 0. The maximum absolute atomic E-state index is 2.45. The molecule has 0 aliphatic heterocycles. The predicted octanol–water partition coefficient (Wildman–Crippen LogP) is 13.0.